The summed E-state index contributed by atoms with van der Waals surface area (Å²) in [6, 6.07) is 96.6. The van der Waals surface area contributed by atoms with Gasteiger partial charge < -0.3 is 27.8 Å². The number of benzene rings is 13. The molecule has 82 heavy (non-hydrogen) atoms. The fourth-order valence-corrected chi connectivity index (χ4v) is 13.3. The number of para-hydroxylation sites is 6. The van der Waals surface area contributed by atoms with Crippen LogP contribution in [-0.2, 0) is 0 Å². The second-order valence-electron chi connectivity index (χ2n) is 21.8. The Morgan fingerprint density at radius 1 is 0.268 bits per heavy atom. The van der Waals surface area contributed by atoms with Crippen LogP contribution in [0.2, 0.25) is 0 Å². The molecule has 17 rings (SSSR count). The maximum Gasteiger partial charge on any atom is 0.136 e. The van der Waals surface area contributed by atoms with Crippen LogP contribution >= 0.6 is 0 Å². The van der Waals surface area contributed by atoms with E-state index in [0.29, 0.717) is 0 Å². The predicted molar refractivity (Wildman–Crippen MR) is 344 cm³/mol. The Labute approximate surface area is 471 Å². The van der Waals surface area contributed by atoms with Crippen LogP contribution in [0, 0.1) is 13.8 Å². The summed E-state index contributed by atoms with van der Waals surface area (Å²) < 4.78 is 18.5. The van der Waals surface area contributed by atoms with Crippen molar-refractivity contribution >= 4 is 143 Å². The number of hydrogen-bond acceptors (Lipinski definition) is 4. The fraction of sp³-hybridized carbons (Fsp3) is 0.0263. The zero-order valence-electron chi connectivity index (χ0n) is 45.0. The molecule has 13 aromatic carbocycles. The normalized spacial score (nSPS) is 12.0. The summed E-state index contributed by atoms with van der Waals surface area (Å²) in [6.07, 6.45) is 0. The monoisotopic (exact) mass is 1050 g/mol. The van der Waals surface area contributed by atoms with Gasteiger partial charge in [0, 0.05) is 88.6 Å². The first kappa shape index (κ1) is 46.1. The van der Waals surface area contributed by atoms with E-state index in [0.717, 1.165) is 122 Å². The van der Waals surface area contributed by atoms with Gasteiger partial charge in [0.2, 0.25) is 0 Å². The third-order valence-electron chi connectivity index (χ3n) is 17.0. The Bertz CT molecular complexity index is 5110. The van der Waals surface area contributed by atoms with Gasteiger partial charge in [-0.3, -0.25) is 0 Å². The highest BCUT2D eigenvalue weighted by Crippen LogP contribution is 2.47. The molecule has 0 aliphatic carbocycles. The third kappa shape index (κ3) is 7.01. The number of nitrogens with zero attached hydrogens (tertiary/aromatic N) is 4. The third-order valence-corrected chi connectivity index (χ3v) is 17.0. The van der Waals surface area contributed by atoms with Crippen LogP contribution in [0.4, 0.5) is 34.1 Å². The van der Waals surface area contributed by atoms with Crippen molar-refractivity contribution in [2.75, 3.05) is 9.80 Å². The van der Waals surface area contributed by atoms with Gasteiger partial charge in [-0.25, -0.2) is 0 Å². The Kier molecular flexibility index (Phi) is 10.0. The topological polar surface area (TPSA) is 42.6 Å². The van der Waals surface area contributed by atoms with Crippen LogP contribution < -0.4 is 9.80 Å². The Balaban J connectivity index is 0.787. The van der Waals surface area contributed by atoms with Crippen LogP contribution in [0.1, 0.15) is 11.1 Å². The molecule has 0 atom stereocenters. The molecular formula is C76H50N4O2. The largest absolute Gasteiger partial charge is 0.456 e. The van der Waals surface area contributed by atoms with Crippen molar-refractivity contribution < 1.29 is 8.83 Å². The first-order valence-electron chi connectivity index (χ1n) is 28.1. The van der Waals surface area contributed by atoms with Crippen LogP contribution in [-0.4, -0.2) is 9.13 Å². The molecule has 4 aromatic heterocycles. The van der Waals surface area contributed by atoms with Crippen molar-refractivity contribution in [3.8, 4) is 11.4 Å². The first-order chi connectivity index (χ1) is 40.5. The summed E-state index contributed by atoms with van der Waals surface area (Å²) in [4.78, 5) is 4.79. The minimum absolute atomic E-state index is 0.831. The van der Waals surface area contributed by atoms with E-state index in [1.54, 1.807) is 0 Å². The molecular weight excluding hydrogens is 1000 g/mol. The Hall–Kier alpha value is -10.8. The standard InChI is InChI=1S/C76H50N4O2/c1-47-17-9-13-25-65(47)77(57-33-35-61-59-23-11-15-27-67(59)79(69(61)45-57)53-19-5-3-6-20-53)55-31-29-49-41-63-73(43-51(49)39-55)81-71-37-38-72-76(75(63)71)64-42-50-30-32-56(40-52(50)44-74(64)82-72)78(66-26-14-10-18-48(66)2)58-34-36-62-60-24-12-16-28-68(60)80(70(62)46-58)54-21-7-4-8-22-54/h3-46H,1-2H3. The Morgan fingerprint density at radius 2 is 0.646 bits per heavy atom. The van der Waals surface area contributed by atoms with E-state index in [4.69, 9.17) is 8.83 Å². The second-order valence-corrected chi connectivity index (χ2v) is 21.8. The number of anilines is 6. The average molecular weight is 1050 g/mol. The molecule has 4 heterocycles. The van der Waals surface area contributed by atoms with Gasteiger partial charge in [-0.2, -0.15) is 0 Å². The van der Waals surface area contributed by atoms with Crippen molar-refractivity contribution in [3.63, 3.8) is 0 Å². The molecule has 0 N–H and O–H groups in total. The molecule has 0 radical (unpaired) electrons. The van der Waals surface area contributed by atoms with E-state index >= 15 is 0 Å². The molecule has 0 bridgehead atoms. The zero-order valence-corrected chi connectivity index (χ0v) is 45.0. The fourth-order valence-electron chi connectivity index (χ4n) is 13.3. The van der Waals surface area contributed by atoms with Crippen LogP contribution in [0.25, 0.3) is 120 Å². The van der Waals surface area contributed by atoms with Crippen molar-refractivity contribution in [2.45, 2.75) is 13.8 Å². The molecule has 0 saturated heterocycles. The van der Waals surface area contributed by atoms with Gasteiger partial charge in [0.1, 0.15) is 22.3 Å². The van der Waals surface area contributed by atoms with E-state index in [1.165, 1.54) is 43.7 Å². The molecule has 6 heteroatoms. The van der Waals surface area contributed by atoms with Crippen molar-refractivity contribution in [1.82, 2.24) is 9.13 Å². The molecule has 6 nitrogen and oxygen atoms in total. The first-order valence-corrected chi connectivity index (χ1v) is 28.1. The van der Waals surface area contributed by atoms with E-state index in [9.17, 15) is 0 Å². The number of hydrogen-bond donors (Lipinski definition) is 0. The lowest BCUT2D eigenvalue weighted by molar-refractivity contribution is 0.663. The predicted octanol–water partition coefficient (Wildman–Crippen LogP) is 21.5. The lowest BCUT2D eigenvalue weighted by Crippen LogP contribution is -2.11. The molecule has 0 aliphatic heterocycles. The van der Waals surface area contributed by atoms with Crippen LogP contribution in [0.3, 0.4) is 0 Å². The van der Waals surface area contributed by atoms with Crippen molar-refractivity contribution in [1.29, 1.82) is 0 Å². The van der Waals surface area contributed by atoms with Crippen molar-refractivity contribution in [3.05, 3.63) is 278 Å². The highest BCUT2D eigenvalue weighted by atomic mass is 16.3. The second kappa shape index (κ2) is 17.8. The van der Waals surface area contributed by atoms with E-state index in [1.807, 2.05) is 0 Å². The van der Waals surface area contributed by atoms with Gasteiger partial charge in [0.15, 0.2) is 0 Å². The smallest absolute Gasteiger partial charge is 0.136 e. The molecule has 0 spiro atoms. The van der Waals surface area contributed by atoms with E-state index < -0.39 is 0 Å². The summed E-state index contributed by atoms with van der Waals surface area (Å²) in [5.41, 5.74) is 19.2. The minimum Gasteiger partial charge on any atom is -0.456 e. The number of furan rings is 2. The lowest BCUT2D eigenvalue weighted by atomic mass is 10.00. The van der Waals surface area contributed by atoms with Gasteiger partial charge >= 0.3 is 0 Å². The maximum absolute atomic E-state index is 6.84. The number of aromatic nitrogens is 2. The van der Waals surface area contributed by atoms with Gasteiger partial charge in [-0.1, -0.05) is 133 Å². The summed E-state index contributed by atoms with van der Waals surface area (Å²) in [6.45, 7) is 4.38. The quantitative estimate of drug-likeness (QED) is 0.152. The SMILES string of the molecule is Cc1ccccc1N(c1ccc2cc3c(cc2c1)oc1ccc2oc4cc5cc(N(c6ccc7c8ccccc8n(-c8ccccc8)c7c6)c6ccccc6C)ccc5cc4c2c13)c1ccc2c3ccccc3n(-c3ccccc3)c2c1. The molecule has 0 saturated carbocycles. The van der Waals surface area contributed by atoms with Crippen molar-refractivity contribution in [2.24, 2.45) is 0 Å². The Morgan fingerprint density at radius 3 is 1.10 bits per heavy atom. The highest BCUT2D eigenvalue weighted by molar-refractivity contribution is 6.28. The lowest BCUT2D eigenvalue weighted by Gasteiger charge is -2.27. The molecule has 0 fully saturated rings. The summed E-state index contributed by atoms with van der Waals surface area (Å²) in [7, 11) is 0. The molecule has 0 unspecified atom stereocenters. The number of rotatable bonds is 8. The molecule has 0 amide bonds. The molecule has 17 aromatic rings. The summed E-state index contributed by atoms with van der Waals surface area (Å²) in [5.74, 6) is 0. The van der Waals surface area contributed by atoms with Crippen LogP contribution in [0.5, 0.6) is 0 Å². The average Bonchev–Trinajstić information content (AvgIpc) is 4.41. The minimum atomic E-state index is 0.831. The van der Waals surface area contributed by atoms with Gasteiger partial charge in [-0.05, 0) is 180 Å². The van der Waals surface area contributed by atoms with Gasteiger partial charge in [-0.15, -0.1) is 0 Å². The zero-order chi connectivity index (χ0) is 54.2. The summed E-state index contributed by atoms with van der Waals surface area (Å²) >= 11 is 0. The van der Waals surface area contributed by atoms with E-state index in [2.05, 4.69) is 300 Å². The van der Waals surface area contributed by atoms with Crippen LogP contribution in [0.15, 0.2) is 276 Å². The number of aryl methyl sites for hydroxylation is 2. The summed E-state index contributed by atoms with van der Waals surface area (Å²) in [5, 5.41) is 13.6. The van der Waals surface area contributed by atoms with Gasteiger partial charge in [0.05, 0.1) is 22.1 Å². The van der Waals surface area contributed by atoms with Gasteiger partial charge in [0.25, 0.3) is 0 Å². The molecule has 386 valence electrons. The van der Waals surface area contributed by atoms with E-state index in [-0.39, 0.29) is 0 Å². The number of fused-ring (bicyclic) bond motifs is 15. The molecule has 0 aliphatic rings. The highest BCUT2D eigenvalue weighted by Gasteiger charge is 2.23. The maximum atomic E-state index is 6.84.